The van der Waals surface area contributed by atoms with E-state index in [2.05, 4.69) is 0 Å². The van der Waals surface area contributed by atoms with Gasteiger partial charge in [-0.1, -0.05) is 20.8 Å². The number of hydrogen-bond acceptors (Lipinski definition) is 4. The molecule has 0 saturated heterocycles. The number of rotatable bonds is 3. The second kappa shape index (κ2) is 3.77. The van der Waals surface area contributed by atoms with E-state index < -0.39 is 22.8 Å². The Morgan fingerprint density at radius 2 is 1.43 bits per heavy atom. The highest BCUT2D eigenvalue weighted by atomic mass is 16.3. The molecule has 2 unspecified atom stereocenters. The average Bonchev–Trinajstić information content (AvgIpc) is 1.80. The minimum atomic E-state index is -1.41. The van der Waals surface area contributed by atoms with Crippen molar-refractivity contribution in [1.29, 1.82) is 0 Å². The van der Waals surface area contributed by atoms with Crippen molar-refractivity contribution in [2.75, 3.05) is 0 Å². The third-order valence-corrected chi connectivity index (χ3v) is 2.66. The zero-order chi connectivity index (χ0) is 11.8. The third-order valence-electron chi connectivity index (χ3n) is 2.66. The number of hydrogen-bond donors (Lipinski definition) is 4. The van der Waals surface area contributed by atoms with Crippen LogP contribution in [0.25, 0.3) is 0 Å². The van der Waals surface area contributed by atoms with E-state index in [1.54, 1.807) is 13.8 Å². The lowest BCUT2D eigenvalue weighted by atomic mass is 9.78. The molecule has 6 N–H and O–H groups in total. The van der Waals surface area contributed by atoms with Gasteiger partial charge in [-0.05, 0) is 13.8 Å². The van der Waals surface area contributed by atoms with Gasteiger partial charge >= 0.3 is 0 Å². The van der Waals surface area contributed by atoms with Crippen LogP contribution < -0.4 is 11.5 Å². The largest absolute Gasteiger partial charge is 0.391 e. The standard InChI is InChI=1S/C10H24N2O2/c1-8(2,3)10(12,14)6-7(13)9(4,5)11/h7,13-14H,6,11-12H2,1-5H3. The Kier molecular flexibility index (Phi) is 3.73. The Balaban J connectivity index is 4.53. The van der Waals surface area contributed by atoms with Gasteiger partial charge in [0.25, 0.3) is 0 Å². The highest BCUT2D eigenvalue weighted by Crippen LogP contribution is 2.31. The van der Waals surface area contributed by atoms with Crippen molar-refractivity contribution in [1.82, 2.24) is 0 Å². The molecule has 0 aromatic heterocycles. The molecule has 0 rings (SSSR count). The Bertz CT molecular complexity index is 189. The van der Waals surface area contributed by atoms with Crippen molar-refractivity contribution >= 4 is 0 Å². The average molecular weight is 204 g/mol. The van der Waals surface area contributed by atoms with Crippen LogP contribution in [0.1, 0.15) is 41.0 Å². The normalized spacial score (nSPS) is 20.4. The van der Waals surface area contributed by atoms with Crippen molar-refractivity contribution in [3.63, 3.8) is 0 Å². The molecule has 0 aromatic rings. The molecule has 0 amide bonds. The summed E-state index contributed by atoms with van der Waals surface area (Å²) in [7, 11) is 0. The molecule has 4 nitrogen and oxygen atoms in total. The first-order valence-corrected chi connectivity index (χ1v) is 4.86. The van der Waals surface area contributed by atoms with E-state index in [1.807, 2.05) is 20.8 Å². The van der Waals surface area contributed by atoms with Crippen LogP contribution in [0.2, 0.25) is 0 Å². The van der Waals surface area contributed by atoms with Crippen LogP contribution in [0.15, 0.2) is 0 Å². The first kappa shape index (κ1) is 13.8. The van der Waals surface area contributed by atoms with Crippen LogP contribution in [-0.2, 0) is 0 Å². The first-order valence-electron chi connectivity index (χ1n) is 4.86. The monoisotopic (exact) mass is 204 g/mol. The fraction of sp³-hybridized carbons (Fsp3) is 1.00. The van der Waals surface area contributed by atoms with Crippen LogP contribution in [-0.4, -0.2) is 27.6 Å². The van der Waals surface area contributed by atoms with Gasteiger partial charge in [0.1, 0.15) is 5.72 Å². The lowest BCUT2D eigenvalue weighted by molar-refractivity contribution is -0.0937. The van der Waals surface area contributed by atoms with Gasteiger partial charge in [0.15, 0.2) is 0 Å². The fourth-order valence-corrected chi connectivity index (χ4v) is 0.864. The fourth-order valence-electron chi connectivity index (χ4n) is 0.864. The highest BCUT2D eigenvalue weighted by molar-refractivity contribution is 4.92. The van der Waals surface area contributed by atoms with E-state index in [1.165, 1.54) is 0 Å². The molecule has 0 fully saturated rings. The maximum absolute atomic E-state index is 9.95. The van der Waals surface area contributed by atoms with Crippen LogP contribution in [0.4, 0.5) is 0 Å². The van der Waals surface area contributed by atoms with E-state index in [0.29, 0.717) is 0 Å². The van der Waals surface area contributed by atoms with Gasteiger partial charge in [-0.2, -0.15) is 0 Å². The second-order valence-corrected chi connectivity index (χ2v) is 5.72. The first-order chi connectivity index (χ1) is 5.88. The predicted molar refractivity (Wildman–Crippen MR) is 57.5 cm³/mol. The van der Waals surface area contributed by atoms with Gasteiger partial charge in [0.2, 0.25) is 0 Å². The van der Waals surface area contributed by atoms with Gasteiger partial charge in [-0.3, -0.25) is 0 Å². The van der Waals surface area contributed by atoms with Crippen molar-refractivity contribution in [2.24, 2.45) is 16.9 Å². The van der Waals surface area contributed by atoms with Crippen LogP contribution in [0.3, 0.4) is 0 Å². The molecule has 14 heavy (non-hydrogen) atoms. The van der Waals surface area contributed by atoms with Gasteiger partial charge in [-0.15, -0.1) is 0 Å². The number of aliphatic hydroxyl groups excluding tert-OH is 1. The molecular formula is C10H24N2O2. The molecule has 4 heteroatoms. The van der Waals surface area contributed by atoms with E-state index in [-0.39, 0.29) is 6.42 Å². The topological polar surface area (TPSA) is 92.5 Å². The zero-order valence-corrected chi connectivity index (χ0v) is 9.83. The van der Waals surface area contributed by atoms with E-state index in [4.69, 9.17) is 11.5 Å². The lowest BCUT2D eigenvalue weighted by Gasteiger charge is -2.40. The van der Waals surface area contributed by atoms with Crippen LogP contribution in [0, 0.1) is 5.41 Å². The minimum Gasteiger partial charge on any atom is -0.391 e. The minimum absolute atomic E-state index is 0.0694. The number of aliphatic hydroxyl groups is 2. The van der Waals surface area contributed by atoms with Crippen LogP contribution >= 0.6 is 0 Å². The molecule has 0 aliphatic heterocycles. The quantitative estimate of drug-likeness (QED) is 0.493. The summed E-state index contributed by atoms with van der Waals surface area (Å²) >= 11 is 0. The van der Waals surface area contributed by atoms with Gasteiger partial charge in [0, 0.05) is 17.4 Å². The molecule has 0 aliphatic carbocycles. The van der Waals surface area contributed by atoms with E-state index in [0.717, 1.165) is 0 Å². The predicted octanol–water partition coefficient (Wildman–Crippen LogP) is 0.168. The van der Waals surface area contributed by atoms with E-state index >= 15 is 0 Å². The Labute approximate surface area is 86.3 Å². The lowest BCUT2D eigenvalue weighted by Crippen LogP contribution is -2.57. The smallest absolute Gasteiger partial charge is 0.120 e. The molecule has 0 heterocycles. The Morgan fingerprint density at radius 3 is 1.64 bits per heavy atom. The van der Waals surface area contributed by atoms with Crippen molar-refractivity contribution in [2.45, 2.75) is 58.4 Å². The second-order valence-electron chi connectivity index (χ2n) is 5.72. The molecule has 0 radical (unpaired) electrons. The maximum Gasteiger partial charge on any atom is 0.120 e. The van der Waals surface area contributed by atoms with Crippen molar-refractivity contribution < 1.29 is 10.2 Å². The SMILES string of the molecule is CC(C)(N)C(O)CC(N)(O)C(C)(C)C. The summed E-state index contributed by atoms with van der Waals surface area (Å²) in [5, 5.41) is 19.7. The zero-order valence-electron chi connectivity index (χ0n) is 9.83. The Hall–Kier alpha value is -0.160. The molecule has 0 bridgehead atoms. The Morgan fingerprint density at radius 1 is 1.07 bits per heavy atom. The molecule has 0 saturated carbocycles. The molecule has 2 atom stereocenters. The van der Waals surface area contributed by atoms with Gasteiger partial charge < -0.3 is 21.7 Å². The molecule has 0 aromatic carbocycles. The number of nitrogens with two attached hydrogens (primary N) is 2. The van der Waals surface area contributed by atoms with E-state index in [9.17, 15) is 10.2 Å². The summed E-state index contributed by atoms with van der Waals surface area (Å²) < 4.78 is 0. The summed E-state index contributed by atoms with van der Waals surface area (Å²) in [4.78, 5) is 0. The highest BCUT2D eigenvalue weighted by Gasteiger charge is 2.40. The van der Waals surface area contributed by atoms with Crippen molar-refractivity contribution in [3.8, 4) is 0 Å². The van der Waals surface area contributed by atoms with Gasteiger partial charge in [-0.25, -0.2) is 0 Å². The molecule has 0 aliphatic rings. The van der Waals surface area contributed by atoms with Crippen molar-refractivity contribution in [3.05, 3.63) is 0 Å². The van der Waals surface area contributed by atoms with Gasteiger partial charge in [0.05, 0.1) is 6.10 Å². The summed E-state index contributed by atoms with van der Waals surface area (Å²) in [5.74, 6) is 0. The summed E-state index contributed by atoms with van der Waals surface area (Å²) in [6, 6.07) is 0. The third kappa shape index (κ3) is 3.53. The molecule has 86 valence electrons. The summed E-state index contributed by atoms with van der Waals surface area (Å²) in [6.45, 7) is 8.88. The maximum atomic E-state index is 9.95. The molecule has 0 spiro atoms. The van der Waals surface area contributed by atoms with Crippen LogP contribution in [0.5, 0.6) is 0 Å². The molecular weight excluding hydrogens is 180 g/mol. The summed E-state index contributed by atoms with van der Waals surface area (Å²) in [6.07, 6.45) is -0.753. The summed E-state index contributed by atoms with van der Waals surface area (Å²) in [5.41, 5.74) is 8.79.